The van der Waals surface area contributed by atoms with Crippen LogP contribution in [0.2, 0.25) is 0 Å². The molecule has 0 aromatic carbocycles. The molecular formula is C24H26N8O4. The van der Waals surface area contributed by atoms with Crippen molar-refractivity contribution in [2.24, 2.45) is 7.05 Å². The molecule has 3 N–H and O–H groups in total. The minimum absolute atomic E-state index is 0.300. The van der Waals surface area contributed by atoms with E-state index < -0.39 is 18.1 Å². The van der Waals surface area contributed by atoms with Crippen LogP contribution in [0, 0.1) is 0 Å². The van der Waals surface area contributed by atoms with Gasteiger partial charge < -0.3 is 29.7 Å². The molecule has 12 heteroatoms. The van der Waals surface area contributed by atoms with E-state index in [1.165, 1.54) is 0 Å². The van der Waals surface area contributed by atoms with Crippen molar-refractivity contribution in [3.63, 3.8) is 0 Å². The van der Waals surface area contributed by atoms with Gasteiger partial charge in [0.05, 0.1) is 29.7 Å². The fourth-order valence-electron chi connectivity index (χ4n) is 4.64. The van der Waals surface area contributed by atoms with E-state index in [0.717, 1.165) is 5.56 Å². The molecule has 6 rings (SSSR count). The van der Waals surface area contributed by atoms with E-state index in [0.29, 0.717) is 79.2 Å². The molecular weight excluding hydrogens is 464 g/mol. The lowest BCUT2D eigenvalue weighted by molar-refractivity contribution is 0.102. The summed E-state index contributed by atoms with van der Waals surface area (Å²) in [4.78, 5) is 30.9. The third-order valence-electron chi connectivity index (χ3n) is 6.48. The Hall–Kier alpha value is -4.03. The molecule has 0 radical (unpaired) electrons. The molecule has 6 heterocycles. The van der Waals surface area contributed by atoms with Gasteiger partial charge in [0.15, 0.2) is 5.58 Å². The third-order valence-corrected chi connectivity index (χ3v) is 6.48. The van der Waals surface area contributed by atoms with Crippen molar-refractivity contribution in [2.45, 2.75) is 25.0 Å². The van der Waals surface area contributed by atoms with Gasteiger partial charge in [-0.05, 0) is 25.0 Å². The van der Waals surface area contributed by atoms with E-state index in [1.54, 1.807) is 23.0 Å². The van der Waals surface area contributed by atoms with Gasteiger partial charge in [-0.15, -0.1) is 0 Å². The summed E-state index contributed by atoms with van der Waals surface area (Å²) >= 11 is 0. The van der Waals surface area contributed by atoms with Crippen molar-refractivity contribution >= 4 is 34.8 Å². The number of nitrogens with zero attached hydrogens (tertiary/aromatic N) is 7. The van der Waals surface area contributed by atoms with E-state index in [4.69, 9.17) is 4.42 Å². The van der Waals surface area contributed by atoms with Gasteiger partial charge in [0.2, 0.25) is 5.65 Å². The molecule has 12 nitrogen and oxygen atoms in total. The van der Waals surface area contributed by atoms with Crippen LogP contribution in [0.4, 0.5) is 17.7 Å². The lowest BCUT2D eigenvalue weighted by Crippen LogP contribution is -2.26. The Balaban J connectivity index is 1.34. The highest BCUT2D eigenvalue weighted by molar-refractivity contribution is 6.08. The Bertz CT molecular complexity index is 1430. The molecule has 1 amide bonds. The molecule has 2 fully saturated rings. The Kier molecular flexibility index (Phi) is 5.53. The quantitative estimate of drug-likeness (QED) is 0.375. The Labute approximate surface area is 206 Å². The van der Waals surface area contributed by atoms with Crippen LogP contribution < -0.4 is 15.1 Å². The molecule has 4 aromatic heterocycles. The Morgan fingerprint density at radius 3 is 2.56 bits per heavy atom. The number of hydrogen-bond donors (Lipinski definition) is 3. The summed E-state index contributed by atoms with van der Waals surface area (Å²) < 4.78 is 7.62. The zero-order valence-electron chi connectivity index (χ0n) is 19.7. The number of nitrogens with one attached hydrogen (secondary N) is 1. The van der Waals surface area contributed by atoms with Gasteiger partial charge in [0.25, 0.3) is 11.9 Å². The lowest BCUT2D eigenvalue weighted by atomic mass is 10.2. The summed E-state index contributed by atoms with van der Waals surface area (Å²) in [6.45, 7) is 2.00. The predicted octanol–water partition coefficient (Wildman–Crippen LogP) is 1.41. The summed E-state index contributed by atoms with van der Waals surface area (Å²) in [6, 6.07) is 7.38. The highest BCUT2D eigenvalue weighted by atomic mass is 16.4. The van der Waals surface area contributed by atoms with Gasteiger partial charge in [-0.25, -0.2) is 9.97 Å². The van der Waals surface area contributed by atoms with E-state index in [-0.39, 0.29) is 0 Å². The second-order valence-electron chi connectivity index (χ2n) is 9.22. The van der Waals surface area contributed by atoms with Gasteiger partial charge >= 0.3 is 0 Å². The van der Waals surface area contributed by atoms with Crippen LogP contribution in [0.25, 0.3) is 22.5 Å². The number of oxazole rings is 1. The van der Waals surface area contributed by atoms with Crippen molar-refractivity contribution in [1.29, 1.82) is 0 Å². The van der Waals surface area contributed by atoms with E-state index >= 15 is 0 Å². The number of anilines is 3. The first-order valence-corrected chi connectivity index (χ1v) is 11.9. The summed E-state index contributed by atoms with van der Waals surface area (Å²) in [5, 5.41) is 27.0. The third kappa shape index (κ3) is 4.25. The highest BCUT2D eigenvalue weighted by Crippen LogP contribution is 2.31. The number of β-amino-alcohol motifs (C(OH)–C–C–N with tert-alkyl or cyclic N) is 2. The molecule has 0 unspecified atom stereocenters. The fourth-order valence-corrected chi connectivity index (χ4v) is 4.64. The van der Waals surface area contributed by atoms with Gasteiger partial charge in [-0.1, -0.05) is 6.07 Å². The van der Waals surface area contributed by atoms with Crippen LogP contribution in [0.15, 0.2) is 41.1 Å². The highest BCUT2D eigenvalue weighted by Gasteiger charge is 2.29. The second kappa shape index (κ2) is 8.88. The zero-order chi connectivity index (χ0) is 24.8. The van der Waals surface area contributed by atoms with Crippen LogP contribution in [0.1, 0.15) is 23.2 Å². The first-order chi connectivity index (χ1) is 17.4. The molecule has 0 bridgehead atoms. The van der Waals surface area contributed by atoms with Crippen molar-refractivity contribution in [1.82, 2.24) is 24.7 Å². The number of aromatic nitrogens is 5. The summed E-state index contributed by atoms with van der Waals surface area (Å²) in [6.07, 6.45) is 3.88. The maximum Gasteiger partial charge on any atom is 0.300 e. The molecule has 4 aromatic rings. The van der Waals surface area contributed by atoms with Crippen molar-refractivity contribution in [3.8, 4) is 11.3 Å². The molecule has 36 heavy (non-hydrogen) atoms. The van der Waals surface area contributed by atoms with Crippen molar-refractivity contribution in [3.05, 3.63) is 42.2 Å². The molecule has 2 saturated heterocycles. The first-order valence-electron chi connectivity index (χ1n) is 11.9. The van der Waals surface area contributed by atoms with Crippen molar-refractivity contribution < 1.29 is 19.4 Å². The molecule has 0 saturated carbocycles. The molecule has 0 aliphatic carbocycles. The van der Waals surface area contributed by atoms with Crippen LogP contribution in [-0.4, -0.2) is 79.2 Å². The summed E-state index contributed by atoms with van der Waals surface area (Å²) in [7, 11) is 1.83. The van der Waals surface area contributed by atoms with Gasteiger partial charge in [0.1, 0.15) is 11.6 Å². The second-order valence-corrected chi connectivity index (χ2v) is 9.22. The average molecular weight is 491 g/mol. The van der Waals surface area contributed by atoms with E-state index in [9.17, 15) is 15.0 Å². The van der Waals surface area contributed by atoms with Gasteiger partial charge in [0, 0.05) is 51.1 Å². The Morgan fingerprint density at radius 1 is 1.08 bits per heavy atom. The van der Waals surface area contributed by atoms with Crippen LogP contribution in [-0.2, 0) is 7.05 Å². The smallest absolute Gasteiger partial charge is 0.300 e. The predicted molar refractivity (Wildman–Crippen MR) is 132 cm³/mol. The number of fused-ring (bicyclic) bond motifs is 1. The van der Waals surface area contributed by atoms with Crippen LogP contribution in [0.3, 0.4) is 0 Å². The molecule has 2 atom stereocenters. The largest absolute Gasteiger partial charge is 0.422 e. The monoisotopic (exact) mass is 490 g/mol. The molecule has 2 aliphatic heterocycles. The number of pyridine rings is 2. The Morgan fingerprint density at radius 2 is 1.86 bits per heavy atom. The normalized spacial score (nSPS) is 20.0. The van der Waals surface area contributed by atoms with Crippen LogP contribution >= 0.6 is 0 Å². The average Bonchev–Trinajstić information content (AvgIpc) is 3.65. The van der Waals surface area contributed by atoms with E-state index in [1.807, 2.05) is 35.2 Å². The number of hydrogen-bond acceptors (Lipinski definition) is 10. The van der Waals surface area contributed by atoms with Crippen molar-refractivity contribution in [2.75, 3.05) is 41.3 Å². The van der Waals surface area contributed by atoms with Gasteiger partial charge in [-0.3, -0.25) is 9.48 Å². The number of aryl methyl sites for hydroxylation is 1. The summed E-state index contributed by atoms with van der Waals surface area (Å²) in [5.41, 5.74) is 2.57. The van der Waals surface area contributed by atoms with E-state index in [2.05, 4.69) is 25.4 Å². The zero-order valence-corrected chi connectivity index (χ0v) is 19.7. The molecule has 2 aliphatic rings. The number of amides is 1. The maximum atomic E-state index is 13.5. The maximum absolute atomic E-state index is 13.5. The number of rotatable bonds is 5. The number of aliphatic hydroxyl groups excluding tert-OH is 2. The fraction of sp³-hybridized carbons (Fsp3) is 0.375. The van der Waals surface area contributed by atoms with Crippen LogP contribution in [0.5, 0.6) is 0 Å². The van der Waals surface area contributed by atoms with Gasteiger partial charge in [-0.2, -0.15) is 10.1 Å². The lowest BCUT2D eigenvalue weighted by Gasteiger charge is -2.19. The minimum Gasteiger partial charge on any atom is -0.422 e. The number of carbonyl (C=O) groups excluding carboxylic acids is 1. The topological polar surface area (TPSA) is 146 Å². The number of carbonyl (C=O) groups is 1. The molecule has 186 valence electrons. The summed E-state index contributed by atoms with van der Waals surface area (Å²) in [5.74, 6) is 0.422. The standard InChI is InChI=1S/C24H26N8O4/c1-30-11-14(10-25-30)18-3-2-4-20(26-18)27-23(35)17-9-19-21(28-22(17)31-7-5-15(33)12-31)29-24(36-19)32-8-6-16(34)13-32/h2-4,9-11,15-16,33-34H,5-8,12-13H2,1H3,(H,26,27,35)/t15-,16-/m1/s1. The molecule has 0 spiro atoms. The number of aliphatic hydroxyl groups is 2. The SMILES string of the molecule is Cn1cc(-c2cccc(NC(=O)c3cc4oc(N5CC[C@@H](O)C5)nc4nc3N3CC[C@@H](O)C3)n2)cn1. The first kappa shape index (κ1) is 22.4. The minimum atomic E-state index is -0.491.